The van der Waals surface area contributed by atoms with E-state index in [2.05, 4.69) is 22.3 Å². The summed E-state index contributed by atoms with van der Waals surface area (Å²) in [4.78, 5) is 15.0. The third kappa shape index (κ3) is 4.16. The molecule has 0 aromatic heterocycles. The van der Waals surface area contributed by atoms with Crippen LogP contribution < -0.4 is 5.32 Å². The van der Waals surface area contributed by atoms with Crippen LogP contribution in [0.5, 0.6) is 0 Å². The molecule has 2 unspecified atom stereocenters. The molecule has 0 bridgehead atoms. The number of nitrogens with one attached hydrogen (secondary N) is 1. The Morgan fingerprint density at radius 2 is 2.04 bits per heavy atom. The number of hydrogen-bond acceptors (Lipinski definition) is 2. The number of likely N-dealkylation sites (tertiary alicyclic amines) is 1. The number of halogens is 1. The Kier molecular flexibility index (Phi) is 5.54. The standard InChI is InChI=1S/C20H23ClN2O/c1-15(17-9-5-10-18(21)13-17)22-20(24)19-11-6-12-23(19)14-16-7-3-2-4-8-16/h2-5,7-10,13,15,19H,6,11-12,14H2,1H3,(H,22,24). The third-order valence-corrected chi connectivity index (χ3v) is 4.84. The number of carbonyl (C=O) groups is 1. The van der Waals surface area contributed by atoms with Crippen molar-refractivity contribution in [1.29, 1.82) is 0 Å². The largest absolute Gasteiger partial charge is 0.348 e. The Balaban J connectivity index is 1.63. The van der Waals surface area contributed by atoms with E-state index >= 15 is 0 Å². The first-order valence-corrected chi connectivity index (χ1v) is 8.85. The van der Waals surface area contributed by atoms with Crippen LogP contribution in [0, 0.1) is 0 Å². The van der Waals surface area contributed by atoms with Crippen molar-refractivity contribution in [2.45, 2.75) is 38.4 Å². The van der Waals surface area contributed by atoms with Crippen molar-refractivity contribution in [2.24, 2.45) is 0 Å². The third-order valence-electron chi connectivity index (χ3n) is 4.60. The van der Waals surface area contributed by atoms with E-state index in [1.165, 1.54) is 5.56 Å². The maximum atomic E-state index is 12.7. The van der Waals surface area contributed by atoms with E-state index in [0.29, 0.717) is 5.02 Å². The van der Waals surface area contributed by atoms with Crippen LogP contribution in [-0.4, -0.2) is 23.4 Å². The molecule has 2 aromatic rings. The number of nitrogens with zero attached hydrogens (tertiary/aromatic N) is 1. The minimum absolute atomic E-state index is 0.0459. The smallest absolute Gasteiger partial charge is 0.237 e. The quantitative estimate of drug-likeness (QED) is 0.884. The Bertz CT molecular complexity index is 689. The maximum absolute atomic E-state index is 12.7. The molecule has 1 saturated heterocycles. The van der Waals surface area contributed by atoms with E-state index in [4.69, 9.17) is 11.6 Å². The fourth-order valence-corrected chi connectivity index (χ4v) is 3.50. The van der Waals surface area contributed by atoms with Gasteiger partial charge < -0.3 is 5.32 Å². The van der Waals surface area contributed by atoms with Gasteiger partial charge in [-0.3, -0.25) is 9.69 Å². The number of carbonyl (C=O) groups excluding carboxylic acids is 1. The van der Waals surface area contributed by atoms with E-state index in [1.54, 1.807) is 0 Å². The van der Waals surface area contributed by atoms with E-state index in [9.17, 15) is 4.79 Å². The number of benzene rings is 2. The van der Waals surface area contributed by atoms with Gasteiger partial charge in [-0.05, 0) is 49.6 Å². The second-order valence-electron chi connectivity index (χ2n) is 6.40. The fourth-order valence-electron chi connectivity index (χ4n) is 3.30. The average molecular weight is 343 g/mol. The van der Waals surface area contributed by atoms with Gasteiger partial charge in [0, 0.05) is 11.6 Å². The minimum atomic E-state index is -0.0492. The lowest BCUT2D eigenvalue weighted by Gasteiger charge is -2.25. The van der Waals surface area contributed by atoms with Gasteiger partial charge in [-0.2, -0.15) is 0 Å². The number of rotatable bonds is 5. The first kappa shape index (κ1) is 17.0. The van der Waals surface area contributed by atoms with Crippen LogP contribution in [0.3, 0.4) is 0 Å². The molecule has 1 aliphatic heterocycles. The van der Waals surface area contributed by atoms with Gasteiger partial charge in [0.25, 0.3) is 0 Å². The molecule has 1 N–H and O–H groups in total. The van der Waals surface area contributed by atoms with Gasteiger partial charge in [0.2, 0.25) is 5.91 Å². The summed E-state index contributed by atoms with van der Waals surface area (Å²) in [6.07, 6.45) is 1.98. The summed E-state index contributed by atoms with van der Waals surface area (Å²) >= 11 is 6.05. The van der Waals surface area contributed by atoms with Crippen LogP contribution in [0.4, 0.5) is 0 Å². The second-order valence-corrected chi connectivity index (χ2v) is 6.84. The lowest BCUT2D eigenvalue weighted by atomic mass is 10.1. The molecule has 126 valence electrons. The summed E-state index contributed by atoms with van der Waals surface area (Å²) in [6.45, 7) is 3.79. The molecule has 2 atom stereocenters. The Morgan fingerprint density at radius 3 is 2.79 bits per heavy atom. The highest BCUT2D eigenvalue weighted by molar-refractivity contribution is 6.30. The predicted molar refractivity (Wildman–Crippen MR) is 97.9 cm³/mol. The van der Waals surface area contributed by atoms with Gasteiger partial charge in [0.15, 0.2) is 0 Å². The zero-order valence-corrected chi connectivity index (χ0v) is 14.7. The highest BCUT2D eigenvalue weighted by atomic mass is 35.5. The lowest BCUT2D eigenvalue weighted by molar-refractivity contribution is -0.126. The van der Waals surface area contributed by atoms with Gasteiger partial charge in [-0.25, -0.2) is 0 Å². The van der Waals surface area contributed by atoms with Gasteiger partial charge >= 0.3 is 0 Å². The molecule has 1 fully saturated rings. The van der Waals surface area contributed by atoms with E-state index in [-0.39, 0.29) is 18.0 Å². The Morgan fingerprint density at radius 1 is 1.25 bits per heavy atom. The first-order chi connectivity index (χ1) is 11.6. The minimum Gasteiger partial charge on any atom is -0.348 e. The summed E-state index contributed by atoms with van der Waals surface area (Å²) in [5, 5.41) is 3.84. The van der Waals surface area contributed by atoms with Crippen LogP contribution in [0.15, 0.2) is 54.6 Å². The monoisotopic (exact) mass is 342 g/mol. The highest BCUT2D eigenvalue weighted by Crippen LogP contribution is 2.22. The molecule has 3 nitrogen and oxygen atoms in total. The van der Waals surface area contributed by atoms with Crippen molar-refractivity contribution in [3.05, 3.63) is 70.7 Å². The molecular formula is C20H23ClN2O. The Hall–Kier alpha value is -1.84. The van der Waals surface area contributed by atoms with Crippen LogP contribution in [0.25, 0.3) is 0 Å². The van der Waals surface area contributed by atoms with Gasteiger partial charge in [0.1, 0.15) is 0 Å². The summed E-state index contributed by atoms with van der Waals surface area (Å²) in [5.41, 5.74) is 2.28. The van der Waals surface area contributed by atoms with E-state index in [1.807, 2.05) is 49.4 Å². The number of amides is 1. The maximum Gasteiger partial charge on any atom is 0.237 e. The predicted octanol–water partition coefficient (Wildman–Crippen LogP) is 4.18. The number of hydrogen-bond donors (Lipinski definition) is 1. The van der Waals surface area contributed by atoms with Crippen LogP contribution >= 0.6 is 11.6 Å². The molecule has 2 aromatic carbocycles. The molecule has 1 aliphatic rings. The normalized spacial score (nSPS) is 19.2. The van der Waals surface area contributed by atoms with Crippen molar-refractivity contribution in [2.75, 3.05) is 6.54 Å². The molecular weight excluding hydrogens is 320 g/mol. The highest BCUT2D eigenvalue weighted by Gasteiger charge is 2.31. The average Bonchev–Trinajstić information content (AvgIpc) is 3.04. The van der Waals surface area contributed by atoms with Crippen LogP contribution in [0.1, 0.15) is 36.9 Å². The van der Waals surface area contributed by atoms with Crippen LogP contribution in [-0.2, 0) is 11.3 Å². The molecule has 1 heterocycles. The first-order valence-electron chi connectivity index (χ1n) is 8.47. The van der Waals surface area contributed by atoms with Gasteiger partial charge in [-0.1, -0.05) is 54.1 Å². The topological polar surface area (TPSA) is 32.3 Å². The van der Waals surface area contributed by atoms with Crippen molar-refractivity contribution >= 4 is 17.5 Å². The summed E-state index contributed by atoms with van der Waals surface area (Å²) in [7, 11) is 0. The molecule has 0 radical (unpaired) electrons. The van der Waals surface area contributed by atoms with Crippen molar-refractivity contribution in [3.63, 3.8) is 0 Å². The molecule has 0 spiro atoms. The molecule has 0 saturated carbocycles. The molecule has 4 heteroatoms. The SMILES string of the molecule is CC(NC(=O)C1CCCN1Cc1ccccc1)c1cccc(Cl)c1. The fraction of sp³-hybridized carbons (Fsp3) is 0.350. The van der Waals surface area contributed by atoms with Crippen molar-refractivity contribution in [3.8, 4) is 0 Å². The summed E-state index contributed by atoms with van der Waals surface area (Å²) in [5.74, 6) is 0.107. The van der Waals surface area contributed by atoms with Crippen LogP contribution in [0.2, 0.25) is 5.02 Å². The summed E-state index contributed by atoms with van der Waals surface area (Å²) in [6, 6.07) is 17.9. The molecule has 0 aliphatic carbocycles. The van der Waals surface area contributed by atoms with Crippen molar-refractivity contribution in [1.82, 2.24) is 10.2 Å². The zero-order valence-electron chi connectivity index (χ0n) is 13.9. The molecule has 24 heavy (non-hydrogen) atoms. The molecule has 3 rings (SSSR count). The van der Waals surface area contributed by atoms with Gasteiger partial charge in [-0.15, -0.1) is 0 Å². The Labute approximate surface area is 148 Å². The molecule has 1 amide bonds. The van der Waals surface area contributed by atoms with Gasteiger partial charge in [0.05, 0.1) is 12.1 Å². The second kappa shape index (κ2) is 7.82. The van der Waals surface area contributed by atoms with E-state index in [0.717, 1.165) is 31.5 Å². The lowest BCUT2D eigenvalue weighted by Crippen LogP contribution is -2.43. The van der Waals surface area contributed by atoms with Crippen molar-refractivity contribution < 1.29 is 4.79 Å². The zero-order chi connectivity index (χ0) is 16.9. The van der Waals surface area contributed by atoms with E-state index < -0.39 is 0 Å². The summed E-state index contributed by atoms with van der Waals surface area (Å²) < 4.78 is 0.